The second-order valence-corrected chi connectivity index (χ2v) is 9.32. The molecule has 1 amide bonds. The van der Waals surface area contributed by atoms with E-state index in [9.17, 15) is 9.70 Å². The molecule has 0 spiro atoms. The quantitative estimate of drug-likeness (QED) is 0.714. The van der Waals surface area contributed by atoms with Crippen molar-refractivity contribution in [2.45, 2.75) is 45.4 Å². The van der Waals surface area contributed by atoms with E-state index >= 15 is 0 Å². The first kappa shape index (κ1) is 18.9. The van der Waals surface area contributed by atoms with Crippen LogP contribution in [0, 0.1) is 10.3 Å². The van der Waals surface area contributed by atoms with E-state index in [1.807, 2.05) is 36.4 Å². The number of nitroso groups, excluding NO2 is 1. The number of rotatable bonds is 4. The molecule has 0 bridgehead atoms. The number of amides is 1. The van der Waals surface area contributed by atoms with Gasteiger partial charge >= 0.3 is 0 Å². The second kappa shape index (κ2) is 6.42. The topological polar surface area (TPSA) is 77.0 Å². The number of hydrogen-bond donors (Lipinski definition) is 1. The number of benzene rings is 2. The standard InChI is InChI=1S/C24H24N2O4/c1-23(2,3)18-10-14-4-6-16(12-17(14)21(18)26-28)25-22(27)24(8-9-24)15-5-7-19-20(11-15)30-13-29-19/h4-7,11-12H,8-10,13H2,1-3H3,(H,25,27). The normalized spacial score (nSPS) is 18.2. The lowest BCUT2D eigenvalue weighted by Crippen LogP contribution is -2.27. The predicted molar refractivity (Wildman–Crippen MR) is 114 cm³/mol. The Kier molecular flexibility index (Phi) is 4.04. The summed E-state index contributed by atoms with van der Waals surface area (Å²) in [4.78, 5) is 24.8. The van der Waals surface area contributed by atoms with E-state index in [2.05, 4.69) is 31.3 Å². The highest BCUT2D eigenvalue weighted by atomic mass is 16.7. The lowest BCUT2D eigenvalue weighted by molar-refractivity contribution is -0.118. The van der Waals surface area contributed by atoms with E-state index < -0.39 is 5.41 Å². The molecule has 6 nitrogen and oxygen atoms in total. The molecule has 0 saturated heterocycles. The first-order valence-electron chi connectivity index (χ1n) is 10.2. The Hall–Kier alpha value is -3.15. The van der Waals surface area contributed by atoms with Crippen LogP contribution in [-0.2, 0) is 16.6 Å². The van der Waals surface area contributed by atoms with Gasteiger partial charge in [-0.2, -0.15) is 0 Å². The summed E-state index contributed by atoms with van der Waals surface area (Å²) in [5.74, 6) is 1.36. The Morgan fingerprint density at radius 3 is 2.53 bits per heavy atom. The van der Waals surface area contributed by atoms with Gasteiger partial charge in [0.1, 0.15) is 5.70 Å². The third-order valence-corrected chi connectivity index (χ3v) is 6.38. The molecular formula is C24H24N2O4. The van der Waals surface area contributed by atoms with Crippen molar-refractivity contribution >= 4 is 17.3 Å². The van der Waals surface area contributed by atoms with E-state index in [0.717, 1.165) is 41.5 Å². The number of anilines is 1. The maximum absolute atomic E-state index is 13.2. The van der Waals surface area contributed by atoms with Gasteiger partial charge in [-0.3, -0.25) is 4.79 Å². The monoisotopic (exact) mass is 404 g/mol. The summed E-state index contributed by atoms with van der Waals surface area (Å²) in [5.41, 5.74) is 4.38. The summed E-state index contributed by atoms with van der Waals surface area (Å²) in [6.45, 7) is 6.48. The molecule has 154 valence electrons. The van der Waals surface area contributed by atoms with Crippen LogP contribution in [0.2, 0.25) is 0 Å². The molecule has 0 aromatic heterocycles. The minimum atomic E-state index is -0.544. The van der Waals surface area contributed by atoms with Crippen molar-refractivity contribution in [2.75, 3.05) is 12.1 Å². The maximum Gasteiger partial charge on any atom is 0.235 e. The van der Waals surface area contributed by atoms with E-state index in [0.29, 0.717) is 22.9 Å². The van der Waals surface area contributed by atoms with Crippen LogP contribution in [0.4, 0.5) is 5.69 Å². The number of carbonyl (C=O) groups is 1. The Morgan fingerprint density at radius 1 is 1.07 bits per heavy atom. The molecule has 6 heteroatoms. The molecule has 2 aromatic carbocycles. The zero-order chi connectivity index (χ0) is 21.1. The number of carbonyl (C=O) groups excluding carboxylic acids is 1. The summed E-state index contributed by atoms with van der Waals surface area (Å²) in [7, 11) is 0. The van der Waals surface area contributed by atoms with E-state index in [1.165, 1.54) is 0 Å². The number of hydrogen-bond acceptors (Lipinski definition) is 5. The minimum Gasteiger partial charge on any atom is -0.454 e. The predicted octanol–water partition coefficient (Wildman–Crippen LogP) is 5.17. The average Bonchev–Trinajstić information content (AvgIpc) is 3.24. The molecule has 1 aliphatic heterocycles. The van der Waals surface area contributed by atoms with Gasteiger partial charge in [-0.05, 0) is 70.8 Å². The van der Waals surface area contributed by atoms with Crippen LogP contribution in [0.5, 0.6) is 11.5 Å². The first-order chi connectivity index (χ1) is 14.3. The summed E-state index contributed by atoms with van der Waals surface area (Å²) < 4.78 is 10.8. The van der Waals surface area contributed by atoms with Crippen LogP contribution in [0.1, 0.15) is 50.3 Å². The van der Waals surface area contributed by atoms with Crippen molar-refractivity contribution < 1.29 is 14.3 Å². The van der Waals surface area contributed by atoms with E-state index in [-0.39, 0.29) is 18.1 Å². The molecule has 1 fully saturated rings. The van der Waals surface area contributed by atoms with Gasteiger partial charge in [-0.15, -0.1) is 4.91 Å². The smallest absolute Gasteiger partial charge is 0.235 e. The van der Waals surface area contributed by atoms with Crippen molar-refractivity contribution in [1.29, 1.82) is 0 Å². The lowest BCUT2D eigenvalue weighted by atomic mass is 9.85. The lowest BCUT2D eigenvalue weighted by Gasteiger charge is -2.20. The zero-order valence-electron chi connectivity index (χ0n) is 17.4. The fourth-order valence-corrected chi connectivity index (χ4v) is 4.41. The molecule has 3 aliphatic rings. The van der Waals surface area contributed by atoms with Gasteiger partial charge in [0.2, 0.25) is 12.7 Å². The van der Waals surface area contributed by atoms with Crippen molar-refractivity contribution in [3.05, 3.63) is 63.6 Å². The van der Waals surface area contributed by atoms with Crippen molar-refractivity contribution in [2.24, 2.45) is 10.6 Å². The molecule has 0 atom stereocenters. The molecular weight excluding hydrogens is 380 g/mol. The number of nitrogens with one attached hydrogen (secondary N) is 1. The zero-order valence-corrected chi connectivity index (χ0v) is 17.4. The first-order valence-corrected chi connectivity index (χ1v) is 10.2. The molecule has 2 aromatic rings. The SMILES string of the molecule is CC(C)(C)C1=C(N=O)c2cc(NC(=O)C3(c4ccc5c(c4)OCO5)CC3)ccc2C1. The Bertz CT molecular complexity index is 1110. The van der Waals surface area contributed by atoms with Gasteiger partial charge in [0.25, 0.3) is 0 Å². The van der Waals surface area contributed by atoms with Crippen molar-refractivity contribution in [3.8, 4) is 11.5 Å². The van der Waals surface area contributed by atoms with Gasteiger partial charge in [0.15, 0.2) is 11.5 Å². The van der Waals surface area contributed by atoms with Crippen LogP contribution in [0.15, 0.2) is 47.1 Å². The van der Waals surface area contributed by atoms with Crippen LogP contribution in [-0.4, -0.2) is 12.7 Å². The van der Waals surface area contributed by atoms with Gasteiger partial charge < -0.3 is 14.8 Å². The molecule has 30 heavy (non-hydrogen) atoms. The Morgan fingerprint density at radius 2 is 1.83 bits per heavy atom. The molecule has 1 saturated carbocycles. The number of ether oxygens (including phenoxy) is 2. The van der Waals surface area contributed by atoms with Crippen molar-refractivity contribution in [1.82, 2.24) is 0 Å². The molecule has 5 rings (SSSR count). The third-order valence-electron chi connectivity index (χ3n) is 6.38. The van der Waals surface area contributed by atoms with Gasteiger partial charge in [0.05, 0.1) is 5.41 Å². The largest absolute Gasteiger partial charge is 0.454 e. The highest BCUT2D eigenvalue weighted by Gasteiger charge is 2.51. The third kappa shape index (κ3) is 2.90. The van der Waals surface area contributed by atoms with Gasteiger partial charge in [0, 0.05) is 11.3 Å². The van der Waals surface area contributed by atoms with Crippen LogP contribution >= 0.6 is 0 Å². The molecule has 0 radical (unpaired) electrons. The summed E-state index contributed by atoms with van der Waals surface area (Å²) in [6, 6.07) is 11.5. The van der Waals surface area contributed by atoms with Crippen LogP contribution < -0.4 is 14.8 Å². The number of nitrogens with zero attached hydrogens (tertiary/aromatic N) is 1. The van der Waals surface area contributed by atoms with E-state index in [1.54, 1.807) is 0 Å². The molecule has 1 heterocycles. The van der Waals surface area contributed by atoms with Crippen LogP contribution in [0.25, 0.3) is 5.70 Å². The van der Waals surface area contributed by atoms with Gasteiger partial charge in [-0.25, -0.2) is 0 Å². The summed E-state index contributed by atoms with van der Waals surface area (Å²) in [6.07, 6.45) is 2.30. The van der Waals surface area contributed by atoms with Gasteiger partial charge in [-0.1, -0.05) is 32.9 Å². The highest BCUT2D eigenvalue weighted by Crippen LogP contribution is 2.51. The number of fused-ring (bicyclic) bond motifs is 2. The Labute approximate surface area is 175 Å². The van der Waals surface area contributed by atoms with E-state index in [4.69, 9.17) is 9.47 Å². The summed E-state index contributed by atoms with van der Waals surface area (Å²) in [5, 5.41) is 6.39. The fraction of sp³-hybridized carbons (Fsp3) is 0.375. The molecule has 1 N–H and O–H groups in total. The molecule has 0 unspecified atom stereocenters. The Balaban J connectivity index is 1.42. The van der Waals surface area contributed by atoms with Crippen LogP contribution in [0.3, 0.4) is 0 Å². The number of allylic oxidation sites excluding steroid dienone is 1. The fourth-order valence-electron chi connectivity index (χ4n) is 4.41. The second-order valence-electron chi connectivity index (χ2n) is 9.32. The van der Waals surface area contributed by atoms with Crippen molar-refractivity contribution in [3.63, 3.8) is 0 Å². The average molecular weight is 404 g/mol. The maximum atomic E-state index is 13.2. The molecule has 2 aliphatic carbocycles. The minimum absolute atomic E-state index is 0.0417. The summed E-state index contributed by atoms with van der Waals surface area (Å²) >= 11 is 0. The highest BCUT2D eigenvalue weighted by molar-refractivity contribution is 6.02.